The number of methoxy groups -OCH3 is 2. The second-order valence-corrected chi connectivity index (χ2v) is 7.28. The molecule has 0 saturated heterocycles. The van der Waals surface area contributed by atoms with Crippen LogP contribution in [0.5, 0.6) is 11.5 Å². The minimum absolute atomic E-state index is 0.0177. The number of fused-ring (bicyclic) bond motifs is 1. The number of carbonyl (C=O) groups is 2. The highest BCUT2D eigenvalue weighted by Crippen LogP contribution is 2.52. The van der Waals surface area contributed by atoms with Gasteiger partial charge in [0.25, 0.3) is 0 Å². The zero-order valence-electron chi connectivity index (χ0n) is 15.9. The van der Waals surface area contributed by atoms with Crippen LogP contribution in [0.1, 0.15) is 35.1 Å². The number of carboxylic acid groups (broad SMARTS) is 1. The minimum Gasteiger partial charge on any atom is -0.497 e. The highest BCUT2D eigenvalue weighted by atomic mass is 16.5. The fourth-order valence-electron chi connectivity index (χ4n) is 4.22. The summed E-state index contributed by atoms with van der Waals surface area (Å²) in [5.41, 5.74) is 2.65. The Bertz CT molecular complexity index is 925. The molecule has 6 heteroatoms. The monoisotopic (exact) mass is 381 g/mol. The van der Waals surface area contributed by atoms with Gasteiger partial charge in [0.2, 0.25) is 5.91 Å². The molecule has 1 N–H and O–H groups in total. The number of carboxylic acids is 1. The van der Waals surface area contributed by atoms with E-state index < -0.39 is 12.0 Å². The predicted molar refractivity (Wildman–Crippen MR) is 103 cm³/mol. The Hall–Kier alpha value is -3.02. The first-order chi connectivity index (χ1) is 13.5. The van der Waals surface area contributed by atoms with E-state index in [1.165, 1.54) is 4.90 Å². The Kier molecular flexibility index (Phi) is 4.71. The Balaban J connectivity index is 1.59. The van der Waals surface area contributed by atoms with E-state index in [4.69, 9.17) is 9.47 Å². The van der Waals surface area contributed by atoms with E-state index in [-0.39, 0.29) is 17.7 Å². The van der Waals surface area contributed by atoms with Gasteiger partial charge >= 0.3 is 5.97 Å². The Morgan fingerprint density at radius 1 is 1.07 bits per heavy atom. The van der Waals surface area contributed by atoms with Crippen LogP contribution in [0.4, 0.5) is 0 Å². The van der Waals surface area contributed by atoms with Crippen LogP contribution in [0.15, 0.2) is 42.5 Å². The summed E-state index contributed by atoms with van der Waals surface area (Å²) in [6.07, 6.45) is 1.36. The molecular weight excluding hydrogens is 358 g/mol. The first-order valence-electron chi connectivity index (χ1n) is 9.38. The van der Waals surface area contributed by atoms with Crippen LogP contribution in [0.2, 0.25) is 0 Å². The quantitative estimate of drug-likeness (QED) is 0.862. The van der Waals surface area contributed by atoms with Crippen molar-refractivity contribution in [2.75, 3.05) is 20.8 Å². The summed E-state index contributed by atoms with van der Waals surface area (Å²) in [6, 6.07) is 12.1. The number of benzene rings is 2. The van der Waals surface area contributed by atoms with Gasteiger partial charge < -0.3 is 19.5 Å². The van der Waals surface area contributed by atoms with Gasteiger partial charge in [-0.05, 0) is 42.2 Å². The normalized spacial score (nSPS) is 22.9. The standard InChI is InChI=1S/C22H23NO5/c1-27-14-7-8-19(28-2)17(11-14)16-12-18(16)21(24)23-10-9-13-5-3-4-6-15(13)20(23)22(25)26/h3-8,11,16,18,20H,9-10,12H2,1-2H3,(H,25,26). The van der Waals surface area contributed by atoms with Crippen molar-refractivity contribution in [1.82, 2.24) is 4.90 Å². The fraction of sp³-hybridized carbons (Fsp3) is 0.364. The maximum atomic E-state index is 13.2. The lowest BCUT2D eigenvalue weighted by Gasteiger charge is -2.35. The SMILES string of the molecule is COc1ccc(OC)c(C2CC2C(=O)N2CCc3ccccc3C2C(=O)O)c1. The number of ether oxygens (including phenoxy) is 2. The maximum Gasteiger partial charge on any atom is 0.331 e. The van der Waals surface area contributed by atoms with Gasteiger partial charge in [0.1, 0.15) is 11.5 Å². The van der Waals surface area contributed by atoms with Gasteiger partial charge in [-0.1, -0.05) is 24.3 Å². The molecule has 1 aliphatic carbocycles. The van der Waals surface area contributed by atoms with Crippen LogP contribution in [0.3, 0.4) is 0 Å². The first-order valence-corrected chi connectivity index (χ1v) is 9.38. The summed E-state index contributed by atoms with van der Waals surface area (Å²) in [6.45, 7) is 0.422. The van der Waals surface area contributed by atoms with Crippen molar-refractivity contribution in [2.45, 2.75) is 24.8 Å². The van der Waals surface area contributed by atoms with E-state index in [2.05, 4.69) is 0 Å². The van der Waals surface area contributed by atoms with Crippen molar-refractivity contribution in [3.05, 3.63) is 59.2 Å². The zero-order valence-corrected chi connectivity index (χ0v) is 15.9. The summed E-state index contributed by atoms with van der Waals surface area (Å²) in [5, 5.41) is 9.81. The van der Waals surface area contributed by atoms with Gasteiger partial charge in [0.15, 0.2) is 6.04 Å². The van der Waals surface area contributed by atoms with Crippen LogP contribution >= 0.6 is 0 Å². The lowest BCUT2D eigenvalue weighted by molar-refractivity contribution is -0.151. The van der Waals surface area contributed by atoms with Gasteiger partial charge in [-0.3, -0.25) is 4.79 Å². The second-order valence-electron chi connectivity index (χ2n) is 7.28. The molecule has 28 heavy (non-hydrogen) atoms. The van der Waals surface area contributed by atoms with E-state index in [1.807, 2.05) is 42.5 Å². The van der Waals surface area contributed by atoms with E-state index in [9.17, 15) is 14.7 Å². The number of carbonyl (C=O) groups excluding carboxylic acids is 1. The molecule has 1 amide bonds. The molecule has 0 radical (unpaired) electrons. The molecule has 1 heterocycles. The molecule has 4 rings (SSSR count). The molecule has 2 aliphatic rings. The summed E-state index contributed by atoms with van der Waals surface area (Å²) in [7, 11) is 3.20. The van der Waals surface area contributed by atoms with Gasteiger partial charge in [-0.2, -0.15) is 0 Å². The number of hydrogen-bond donors (Lipinski definition) is 1. The van der Waals surface area contributed by atoms with Gasteiger partial charge in [-0.15, -0.1) is 0 Å². The lowest BCUT2D eigenvalue weighted by atomic mass is 9.92. The van der Waals surface area contributed by atoms with Crippen LogP contribution < -0.4 is 9.47 Å². The smallest absolute Gasteiger partial charge is 0.331 e. The van der Waals surface area contributed by atoms with E-state index in [0.29, 0.717) is 30.7 Å². The van der Waals surface area contributed by atoms with Crippen molar-refractivity contribution < 1.29 is 24.2 Å². The summed E-state index contributed by atoms with van der Waals surface area (Å²) in [5.74, 6) is 0.134. The molecule has 146 valence electrons. The highest BCUT2D eigenvalue weighted by Gasteiger charge is 2.50. The third-order valence-electron chi connectivity index (χ3n) is 5.74. The van der Waals surface area contributed by atoms with Gasteiger partial charge in [0, 0.05) is 23.9 Å². The average Bonchev–Trinajstić information content (AvgIpc) is 3.52. The summed E-state index contributed by atoms with van der Waals surface area (Å²) >= 11 is 0. The van der Waals surface area contributed by atoms with Crippen molar-refractivity contribution in [3.8, 4) is 11.5 Å². The number of amides is 1. The third-order valence-corrected chi connectivity index (χ3v) is 5.74. The molecule has 3 unspecified atom stereocenters. The van der Waals surface area contributed by atoms with Crippen LogP contribution in [0, 0.1) is 5.92 Å². The molecule has 0 aromatic heterocycles. The minimum atomic E-state index is -0.989. The molecule has 6 nitrogen and oxygen atoms in total. The molecule has 1 saturated carbocycles. The molecule has 2 aromatic rings. The van der Waals surface area contributed by atoms with Crippen molar-refractivity contribution in [2.24, 2.45) is 5.92 Å². The first kappa shape index (κ1) is 18.3. The topological polar surface area (TPSA) is 76.1 Å². The number of nitrogens with zero attached hydrogens (tertiary/aromatic N) is 1. The largest absolute Gasteiger partial charge is 0.497 e. The van der Waals surface area contributed by atoms with Crippen molar-refractivity contribution in [3.63, 3.8) is 0 Å². The highest BCUT2D eigenvalue weighted by molar-refractivity contribution is 5.89. The second kappa shape index (κ2) is 7.19. The Morgan fingerprint density at radius 2 is 1.86 bits per heavy atom. The Labute approximate surface area is 163 Å². The fourth-order valence-corrected chi connectivity index (χ4v) is 4.22. The lowest BCUT2D eigenvalue weighted by Crippen LogP contribution is -2.44. The Morgan fingerprint density at radius 3 is 2.57 bits per heavy atom. The zero-order chi connectivity index (χ0) is 19.8. The maximum absolute atomic E-state index is 13.2. The predicted octanol–water partition coefficient (Wildman–Crippen LogP) is 3.02. The van der Waals surface area contributed by atoms with Crippen molar-refractivity contribution in [1.29, 1.82) is 0 Å². The van der Waals surface area contributed by atoms with Gasteiger partial charge in [0.05, 0.1) is 14.2 Å². The molecule has 0 bridgehead atoms. The number of aliphatic carboxylic acids is 1. The van der Waals surface area contributed by atoms with E-state index in [1.54, 1.807) is 14.2 Å². The van der Waals surface area contributed by atoms with Gasteiger partial charge in [-0.25, -0.2) is 4.79 Å². The molecule has 2 aromatic carbocycles. The average molecular weight is 381 g/mol. The van der Waals surface area contributed by atoms with Crippen LogP contribution in [-0.2, 0) is 16.0 Å². The van der Waals surface area contributed by atoms with Crippen molar-refractivity contribution >= 4 is 11.9 Å². The van der Waals surface area contributed by atoms with Crippen LogP contribution in [-0.4, -0.2) is 42.6 Å². The summed E-state index contributed by atoms with van der Waals surface area (Å²) < 4.78 is 10.8. The molecule has 0 spiro atoms. The molecule has 3 atom stereocenters. The van der Waals surface area contributed by atoms with E-state index >= 15 is 0 Å². The van der Waals surface area contributed by atoms with E-state index in [0.717, 1.165) is 16.9 Å². The molecule has 1 aliphatic heterocycles. The number of hydrogen-bond acceptors (Lipinski definition) is 4. The molecular formula is C22H23NO5. The molecule has 1 fully saturated rings. The number of rotatable bonds is 5. The third kappa shape index (κ3) is 3.09. The van der Waals surface area contributed by atoms with Crippen LogP contribution in [0.25, 0.3) is 0 Å². The summed E-state index contributed by atoms with van der Waals surface area (Å²) in [4.78, 5) is 26.7.